The van der Waals surface area contributed by atoms with Gasteiger partial charge in [0, 0.05) is 32.1 Å². The zero-order valence-electron chi connectivity index (χ0n) is 14.2. The first-order chi connectivity index (χ1) is 12.8. The van der Waals surface area contributed by atoms with E-state index in [1.165, 1.54) is 12.4 Å². The molecule has 0 spiro atoms. The molecule has 4 rings (SSSR count). The molecule has 8 nitrogen and oxygen atoms in total. The molecule has 1 aromatic heterocycles. The molecular formula is C18H20N4O4. The van der Waals surface area contributed by atoms with E-state index in [9.17, 15) is 4.79 Å². The number of hydrogen-bond donors (Lipinski definition) is 2. The third-order valence-electron chi connectivity index (χ3n) is 4.32. The van der Waals surface area contributed by atoms with Crippen molar-refractivity contribution >= 4 is 11.9 Å². The molecule has 0 bridgehead atoms. The van der Waals surface area contributed by atoms with Gasteiger partial charge in [0.2, 0.25) is 12.7 Å². The summed E-state index contributed by atoms with van der Waals surface area (Å²) < 4.78 is 16.1. The molecule has 0 radical (unpaired) electrons. The van der Waals surface area contributed by atoms with Crippen molar-refractivity contribution in [1.29, 1.82) is 0 Å². The number of amides is 1. The van der Waals surface area contributed by atoms with Crippen LogP contribution in [0.2, 0.25) is 0 Å². The predicted octanol–water partition coefficient (Wildman–Crippen LogP) is 1.73. The number of nitrogens with one attached hydrogen (secondary N) is 2. The lowest BCUT2D eigenvalue weighted by molar-refractivity contribution is 0.0857. The maximum absolute atomic E-state index is 12.1. The van der Waals surface area contributed by atoms with Crippen LogP contribution in [0, 0.1) is 0 Å². The van der Waals surface area contributed by atoms with Gasteiger partial charge in [-0.1, -0.05) is 6.07 Å². The van der Waals surface area contributed by atoms with Crippen LogP contribution in [0.4, 0.5) is 5.95 Å². The molecule has 8 heteroatoms. The summed E-state index contributed by atoms with van der Waals surface area (Å²) in [7, 11) is 0. The number of carbonyl (C=O) groups excluding carboxylic acids is 1. The second-order valence-corrected chi connectivity index (χ2v) is 6.18. The Morgan fingerprint density at radius 1 is 1.19 bits per heavy atom. The number of hydrogen-bond acceptors (Lipinski definition) is 7. The van der Waals surface area contributed by atoms with Crippen LogP contribution in [0.1, 0.15) is 28.8 Å². The van der Waals surface area contributed by atoms with Crippen LogP contribution in [0.15, 0.2) is 30.6 Å². The highest BCUT2D eigenvalue weighted by Crippen LogP contribution is 2.32. The number of anilines is 1. The Labute approximate surface area is 150 Å². The van der Waals surface area contributed by atoms with Crippen molar-refractivity contribution < 1.29 is 19.0 Å². The molecule has 2 aliphatic heterocycles. The molecular weight excluding hydrogens is 336 g/mol. The molecule has 1 unspecified atom stereocenters. The minimum atomic E-state index is -0.192. The van der Waals surface area contributed by atoms with E-state index in [0.29, 0.717) is 24.6 Å². The predicted molar refractivity (Wildman–Crippen MR) is 93.2 cm³/mol. The molecule has 1 saturated heterocycles. The monoisotopic (exact) mass is 356 g/mol. The lowest BCUT2D eigenvalue weighted by atomic mass is 10.2. The van der Waals surface area contributed by atoms with Crippen LogP contribution < -0.4 is 20.1 Å². The maximum Gasteiger partial charge on any atom is 0.254 e. The highest BCUT2D eigenvalue weighted by molar-refractivity contribution is 5.93. The fraction of sp³-hybridized carbons (Fsp3) is 0.389. The minimum Gasteiger partial charge on any atom is -0.454 e. The topological polar surface area (TPSA) is 94.6 Å². The number of carbonyl (C=O) groups is 1. The summed E-state index contributed by atoms with van der Waals surface area (Å²) in [6.07, 6.45) is 5.18. The third-order valence-corrected chi connectivity index (χ3v) is 4.32. The van der Waals surface area contributed by atoms with Gasteiger partial charge in [0.25, 0.3) is 5.91 Å². The normalized spacial score (nSPS) is 17.9. The van der Waals surface area contributed by atoms with E-state index in [1.807, 2.05) is 18.2 Å². The second kappa shape index (κ2) is 7.57. The van der Waals surface area contributed by atoms with Gasteiger partial charge in [-0.2, -0.15) is 0 Å². The molecule has 3 heterocycles. The molecule has 136 valence electrons. The van der Waals surface area contributed by atoms with Crippen molar-refractivity contribution in [2.24, 2.45) is 0 Å². The molecule has 0 aliphatic carbocycles. The number of rotatable bonds is 6. The SMILES string of the molecule is O=C(NCC1CCCO1)c1cnc(NCc2ccc3c(c2)OCO3)nc1. The van der Waals surface area contributed by atoms with E-state index < -0.39 is 0 Å². The number of benzene rings is 1. The standard InChI is InChI=1S/C18H20N4O4/c23-17(19-10-14-2-1-5-24-14)13-8-21-18(22-9-13)20-7-12-3-4-15-16(6-12)26-11-25-15/h3-4,6,8-9,14H,1-2,5,7,10-11H2,(H,19,23)(H,20,21,22). The first-order valence-corrected chi connectivity index (χ1v) is 8.62. The minimum absolute atomic E-state index is 0.113. The van der Waals surface area contributed by atoms with Crippen LogP contribution in [-0.4, -0.2) is 41.9 Å². The Morgan fingerprint density at radius 2 is 2.04 bits per heavy atom. The molecule has 1 amide bonds. The molecule has 0 saturated carbocycles. The zero-order valence-corrected chi connectivity index (χ0v) is 14.2. The molecule has 1 fully saturated rings. The van der Waals surface area contributed by atoms with E-state index in [1.54, 1.807) is 0 Å². The number of fused-ring (bicyclic) bond motifs is 1. The van der Waals surface area contributed by atoms with Crippen molar-refractivity contribution in [1.82, 2.24) is 15.3 Å². The zero-order chi connectivity index (χ0) is 17.8. The van der Waals surface area contributed by atoms with Crippen LogP contribution in [0.5, 0.6) is 11.5 Å². The largest absolute Gasteiger partial charge is 0.454 e. The van der Waals surface area contributed by atoms with Crippen LogP contribution in [0.3, 0.4) is 0 Å². The number of nitrogens with zero attached hydrogens (tertiary/aromatic N) is 2. The quantitative estimate of drug-likeness (QED) is 0.814. The Kier molecular flexibility index (Phi) is 4.83. The Morgan fingerprint density at radius 3 is 2.85 bits per heavy atom. The number of aromatic nitrogens is 2. The molecule has 2 N–H and O–H groups in total. The summed E-state index contributed by atoms with van der Waals surface area (Å²) in [6, 6.07) is 5.75. The second-order valence-electron chi connectivity index (χ2n) is 6.18. The summed E-state index contributed by atoms with van der Waals surface area (Å²) in [5.41, 5.74) is 1.45. The van der Waals surface area contributed by atoms with Gasteiger partial charge in [-0.3, -0.25) is 4.79 Å². The van der Waals surface area contributed by atoms with Gasteiger partial charge < -0.3 is 24.8 Å². The summed E-state index contributed by atoms with van der Waals surface area (Å²) in [5.74, 6) is 1.76. The maximum atomic E-state index is 12.1. The van der Waals surface area contributed by atoms with E-state index in [0.717, 1.165) is 36.5 Å². The van der Waals surface area contributed by atoms with Crippen molar-refractivity contribution in [2.45, 2.75) is 25.5 Å². The van der Waals surface area contributed by atoms with Gasteiger partial charge in [0.05, 0.1) is 11.7 Å². The van der Waals surface area contributed by atoms with Gasteiger partial charge in [-0.25, -0.2) is 9.97 Å². The summed E-state index contributed by atoms with van der Waals surface area (Å²) in [6.45, 7) is 2.09. The van der Waals surface area contributed by atoms with Crippen molar-refractivity contribution in [3.05, 3.63) is 41.7 Å². The van der Waals surface area contributed by atoms with Crippen LogP contribution >= 0.6 is 0 Å². The molecule has 2 aromatic rings. The van der Waals surface area contributed by atoms with Crippen molar-refractivity contribution in [3.8, 4) is 11.5 Å². The summed E-state index contributed by atoms with van der Waals surface area (Å²) in [4.78, 5) is 20.5. The van der Waals surface area contributed by atoms with E-state index in [-0.39, 0.29) is 18.8 Å². The Bertz CT molecular complexity index is 775. The van der Waals surface area contributed by atoms with Crippen LogP contribution in [0.25, 0.3) is 0 Å². The molecule has 1 aromatic carbocycles. The summed E-state index contributed by atoms with van der Waals surface area (Å²) in [5, 5.41) is 5.98. The first-order valence-electron chi connectivity index (χ1n) is 8.62. The lowest BCUT2D eigenvalue weighted by Crippen LogP contribution is -2.31. The van der Waals surface area contributed by atoms with Crippen molar-refractivity contribution in [2.75, 3.05) is 25.3 Å². The molecule has 1 atom stereocenters. The fourth-order valence-corrected chi connectivity index (χ4v) is 2.88. The Balaban J connectivity index is 1.29. The first kappa shape index (κ1) is 16.6. The highest BCUT2D eigenvalue weighted by atomic mass is 16.7. The van der Waals surface area contributed by atoms with Gasteiger partial charge >= 0.3 is 0 Å². The third kappa shape index (κ3) is 3.85. The van der Waals surface area contributed by atoms with E-state index in [2.05, 4.69) is 20.6 Å². The van der Waals surface area contributed by atoms with Gasteiger partial charge in [0.15, 0.2) is 11.5 Å². The Hall–Kier alpha value is -2.87. The lowest BCUT2D eigenvalue weighted by Gasteiger charge is -2.10. The number of ether oxygens (including phenoxy) is 3. The molecule has 26 heavy (non-hydrogen) atoms. The fourth-order valence-electron chi connectivity index (χ4n) is 2.88. The summed E-state index contributed by atoms with van der Waals surface area (Å²) >= 11 is 0. The van der Waals surface area contributed by atoms with Crippen molar-refractivity contribution in [3.63, 3.8) is 0 Å². The highest BCUT2D eigenvalue weighted by Gasteiger charge is 2.17. The van der Waals surface area contributed by atoms with E-state index >= 15 is 0 Å². The van der Waals surface area contributed by atoms with Crippen LogP contribution in [-0.2, 0) is 11.3 Å². The average Bonchev–Trinajstić information content (AvgIpc) is 3.36. The van der Waals surface area contributed by atoms with Gasteiger partial charge in [0.1, 0.15) is 0 Å². The molecule has 2 aliphatic rings. The van der Waals surface area contributed by atoms with E-state index in [4.69, 9.17) is 14.2 Å². The average molecular weight is 356 g/mol. The smallest absolute Gasteiger partial charge is 0.254 e. The van der Waals surface area contributed by atoms with Gasteiger partial charge in [-0.15, -0.1) is 0 Å². The van der Waals surface area contributed by atoms with Gasteiger partial charge in [-0.05, 0) is 30.5 Å².